The molecule has 2 N–H and O–H groups in total. The summed E-state index contributed by atoms with van der Waals surface area (Å²) in [5, 5.41) is 5.82. The average Bonchev–Trinajstić information content (AvgIpc) is 2.99. The predicted octanol–water partition coefficient (Wildman–Crippen LogP) is 3.07. The van der Waals surface area contributed by atoms with Crippen LogP contribution in [0.1, 0.15) is 61.4 Å². The second kappa shape index (κ2) is 6.85. The third-order valence-corrected chi connectivity index (χ3v) is 7.82. The summed E-state index contributed by atoms with van der Waals surface area (Å²) in [5.41, 5.74) is 1.64. The Hall–Kier alpha value is -2.37. The van der Waals surface area contributed by atoms with Gasteiger partial charge in [-0.15, -0.1) is 0 Å². The van der Waals surface area contributed by atoms with Gasteiger partial charge in [-0.1, -0.05) is 12.1 Å². The normalized spacial score (nSPS) is 33.7. The number of benzene rings is 1. The minimum atomic E-state index is -0.375. The van der Waals surface area contributed by atoms with E-state index in [1.165, 1.54) is 43.4 Å². The molecule has 154 valence electrons. The Morgan fingerprint density at radius 1 is 1.17 bits per heavy atom. The summed E-state index contributed by atoms with van der Waals surface area (Å²) in [6, 6.07) is 7.05. The molecule has 1 aromatic carbocycles. The minimum Gasteiger partial charge on any atom is -0.349 e. The first kappa shape index (κ1) is 18.6. The van der Waals surface area contributed by atoms with Crippen molar-refractivity contribution in [2.75, 3.05) is 6.54 Å². The lowest BCUT2D eigenvalue weighted by Crippen LogP contribution is -2.55. The molecule has 1 aromatic rings. The molecule has 1 atom stereocenters. The van der Waals surface area contributed by atoms with Crippen molar-refractivity contribution in [1.29, 1.82) is 0 Å². The van der Waals surface area contributed by atoms with Gasteiger partial charge in [-0.3, -0.25) is 14.5 Å². The molecule has 5 aliphatic rings. The van der Waals surface area contributed by atoms with Gasteiger partial charge < -0.3 is 10.6 Å². The first-order chi connectivity index (χ1) is 13.9. The van der Waals surface area contributed by atoms with Crippen LogP contribution in [0.2, 0.25) is 0 Å². The number of hydrogen-bond donors (Lipinski definition) is 2. The zero-order valence-electron chi connectivity index (χ0n) is 16.9. The SMILES string of the molecule is C[C@H](NC(=O)c1cccc(CN2C(=O)CNC2=O)c1)C12CC3CC(CC(C3)C1)C2. The molecule has 4 amide bonds. The Morgan fingerprint density at radius 2 is 1.83 bits per heavy atom. The summed E-state index contributed by atoms with van der Waals surface area (Å²) >= 11 is 0. The Morgan fingerprint density at radius 3 is 2.41 bits per heavy atom. The Labute approximate surface area is 171 Å². The van der Waals surface area contributed by atoms with Crippen molar-refractivity contribution in [3.05, 3.63) is 35.4 Å². The van der Waals surface area contributed by atoms with Crippen LogP contribution in [0.15, 0.2) is 24.3 Å². The Bertz CT molecular complexity index is 813. The highest BCUT2D eigenvalue weighted by Crippen LogP contribution is 2.61. The highest BCUT2D eigenvalue weighted by atomic mass is 16.2. The van der Waals surface area contributed by atoms with Crippen LogP contribution >= 0.6 is 0 Å². The number of nitrogens with zero attached hydrogens (tertiary/aromatic N) is 1. The molecule has 1 aliphatic heterocycles. The standard InChI is InChI=1S/C23H29N3O3/c1-14(23-9-16-5-17(10-23)7-18(6-16)11-23)25-21(28)19-4-2-3-15(8-19)13-26-20(27)12-24-22(26)29/h2-4,8,14,16-18H,5-7,9-13H2,1H3,(H,24,29)(H,25,28)/t14-,16?,17?,18?,23?/m0/s1. The maximum atomic E-state index is 13.0. The van der Waals surface area contributed by atoms with Crippen LogP contribution in [-0.2, 0) is 11.3 Å². The number of urea groups is 1. The summed E-state index contributed by atoms with van der Waals surface area (Å²) in [6.07, 6.45) is 7.95. The molecule has 0 radical (unpaired) electrons. The molecule has 6 heteroatoms. The fourth-order valence-corrected chi connectivity index (χ4v) is 6.75. The van der Waals surface area contributed by atoms with E-state index in [1.54, 1.807) is 12.1 Å². The molecular formula is C23H29N3O3. The lowest BCUT2D eigenvalue weighted by Gasteiger charge is -2.59. The van der Waals surface area contributed by atoms with Gasteiger partial charge in [0.1, 0.15) is 0 Å². The molecule has 1 heterocycles. The monoisotopic (exact) mass is 395 g/mol. The van der Waals surface area contributed by atoms with Crippen LogP contribution < -0.4 is 10.6 Å². The van der Waals surface area contributed by atoms with Crippen molar-refractivity contribution in [3.63, 3.8) is 0 Å². The lowest BCUT2D eigenvalue weighted by atomic mass is 9.48. The van der Waals surface area contributed by atoms with Gasteiger partial charge in [0.2, 0.25) is 5.91 Å². The van der Waals surface area contributed by atoms with Gasteiger partial charge in [0.15, 0.2) is 0 Å². The molecule has 1 saturated heterocycles. The van der Waals surface area contributed by atoms with Crippen LogP contribution in [-0.4, -0.2) is 35.3 Å². The van der Waals surface area contributed by atoms with E-state index in [0.717, 1.165) is 23.3 Å². The molecule has 29 heavy (non-hydrogen) atoms. The first-order valence-corrected chi connectivity index (χ1v) is 10.9. The summed E-state index contributed by atoms with van der Waals surface area (Å²) in [4.78, 5) is 37.8. The summed E-state index contributed by atoms with van der Waals surface area (Å²) < 4.78 is 0. The van der Waals surface area contributed by atoms with Crippen molar-refractivity contribution in [2.45, 2.75) is 58.0 Å². The van der Waals surface area contributed by atoms with E-state index in [0.29, 0.717) is 5.56 Å². The Kier molecular flexibility index (Phi) is 4.41. The van der Waals surface area contributed by atoms with Gasteiger partial charge in [0.25, 0.3) is 5.91 Å². The highest BCUT2D eigenvalue weighted by Gasteiger charge is 2.53. The van der Waals surface area contributed by atoms with Gasteiger partial charge in [-0.25, -0.2) is 4.79 Å². The number of carbonyl (C=O) groups excluding carboxylic acids is 3. The largest absolute Gasteiger partial charge is 0.349 e. The van der Waals surface area contributed by atoms with Crippen LogP contribution in [0.25, 0.3) is 0 Å². The smallest absolute Gasteiger partial charge is 0.324 e. The van der Waals surface area contributed by atoms with Crippen molar-refractivity contribution >= 4 is 17.8 Å². The quantitative estimate of drug-likeness (QED) is 0.752. The van der Waals surface area contributed by atoms with Gasteiger partial charge in [0.05, 0.1) is 13.1 Å². The van der Waals surface area contributed by atoms with E-state index in [1.807, 2.05) is 12.1 Å². The lowest BCUT2D eigenvalue weighted by molar-refractivity contribution is -0.125. The van der Waals surface area contributed by atoms with Gasteiger partial charge in [0, 0.05) is 11.6 Å². The topological polar surface area (TPSA) is 78.5 Å². The van der Waals surface area contributed by atoms with Gasteiger partial charge >= 0.3 is 6.03 Å². The molecule has 4 saturated carbocycles. The van der Waals surface area contributed by atoms with E-state index in [2.05, 4.69) is 17.6 Å². The molecule has 6 rings (SSSR count). The summed E-state index contributed by atoms with van der Waals surface area (Å²) in [7, 11) is 0. The zero-order valence-corrected chi connectivity index (χ0v) is 16.9. The van der Waals surface area contributed by atoms with E-state index < -0.39 is 0 Å². The maximum absolute atomic E-state index is 13.0. The molecule has 0 aromatic heterocycles. The van der Waals surface area contributed by atoms with Crippen LogP contribution in [0.4, 0.5) is 4.79 Å². The van der Waals surface area contributed by atoms with Gasteiger partial charge in [-0.2, -0.15) is 0 Å². The fourth-order valence-electron chi connectivity index (χ4n) is 6.75. The number of nitrogens with one attached hydrogen (secondary N) is 2. The van der Waals surface area contributed by atoms with E-state index in [9.17, 15) is 14.4 Å². The van der Waals surface area contributed by atoms with Crippen LogP contribution in [0.3, 0.4) is 0 Å². The zero-order chi connectivity index (χ0) is 20.2. The first-order valence-electron chi connectivity index (χ1n) is 10.9. The molecule has 4 bridgehead atoms. The second-order valence-corrected chi connectivity index (χ2v) is 9.81. The molecule has 5 fully saturated rings. The molecule has 4 aliphatic carbocycles. The van der Waals surface area contributed by atoms with E-state index in [-0.39, 0.29) is 42.4 Å². The number of imide groups is 1. The van der Waals surface area contributed by atoms with Crippen molar-refractivity contribution < 1.29 is 14.4 Å². The molecule has 0 unspecified atom stereocenters. The summed E-state index contributed by atoms with van der Waals surface area (Å²) in [5.74, 6) is 2.27. The average molecular weight is 396 g/mol. The second-order valence-electron chi connectivity index (χ2n) is 9.81. The molecule has 6 nitrogen and oxygen atoms in total. The van der Waals surface area contributed by atoms with Gasteiger partial charge in [-0.05, 0) is 86.3 Å². The van der Waals surface area contributed by atoms with Crippen molar-refractivity contribution in [2.24, 2.45) is 23.2 Å². The predicted molar refractivity (Wildman–Crippen MR) is 108 cm³/mol. The number of rotatable bonds is 5. The van der Waals surface area contributed by atoms with Crippen LogP contribution in [0, 0.1) is 23.2 Å². The maximum Gasteiger partial charge on any atom is 0.324 e. The highest BCUT2D eigenvalue weighted by molar-refractivity contribution is 6.02. The fraction of sp³-hybridized carbons (Fsp3) is 0.609. The summed E-state index contributed by atoms with van der Waals surface area (Å²) in [6.45, 7) is 2.42. The number of carbonyl (C=O) groups is 3. The van der Waals surface area contributed by atoms with E-state index >= 15 is 0 Å². The number of amides is 4. The van der Waals surface area contributed by atoms with Crippen molar-refractivity contribution in [3.8, 4) is 0 Å². The van der Waals surface area contributed by atoms with E-state index in [4.69, 9.17) is 0 Å². The third-order valence-electron chi connectivity index (χ3n) is 7.82. The Balaban J connectivity index is 1.27. The van der Waals surface area contributed by atoms with Crippen molar-refractivity contribution in [1.82, 2.24) is 15.5 Å². The number of hydrogen-bond acceptors (Lipinski definition) is 3. The molecular weight excluding hydrogens is 366 g/mol. The third kappa shape index (κ3) is 3.32. The molecule has 0 spiro atoms. The van der Waals surface area contributed by atoms with Crippen LogP contribution in [0.5, 0.6) is 0 Å². The minimum absolute atomic E-state index is 0.0432.